The van der Waals surface area contributed by atoms with E-state index in [1.807, 2.05) is 43.0 Å². The highest BCUT2D eigenvalue weighted by Gasteiger charge is 2.24. The summed E-state index contributed by atoms with van der Waals surface area (Å²) in [6.45, 7) is 3.69. The van der Waals surface area contributed by atoms with Gasteiger partial charge in [-0.05, 0) is 19.9 Å². The number of nitrogens with zero attached hydrogens (tertiary/aromatic N) is 5. The van der Waals surface area contributed by atoms with Crippen molar-refractivity contribution in [3.05, 3.63) is 34.2 Å². The van der Waals surface area contributed by atoms with Crippen molar-refractivity contribution in [2.75, 3.05) is 5.75 Å². The molecule has 0 amide bonds. The Morgan fingerprint density at radius 2 is 2.28 bits per heavy atom. The molecule has 0 spiro atoms. The van der Waals surface area contributed by atoms with Crippen LogP contribution in [0.3, 0.4) is 0 Å². The Morgan fingerprint density at radius 1 is 1.48 bits per heavy atom. The number of thiazole rings is 1. The third-order valence-electron chi connectivity index (χ3n) is 3.61. The van der Waals surface area contributed by atoms with Crippen molar-refractivity contribution >= 4 is 28.9 Å². The van der Waals surface area contributed by atoms with Crippen molar-refractivity contribution in [3.63, 3.8) is 0 Å². The molecule has 0 saturated heterocycles. The van der Waals surface area contributed by atoms with Crippen LogP contribution < -0.4 is 0 Å². The fourth-order valence-corrected chi connectivity index (χ4v) is 3.96. The van der Waals surface area contributed by atoms with Crippen LogP contribution in [0.2, 0.25) is 0 Å². The van der Waals surface area contributed by atoms with Crippen LogP contribution in [0.5, 0.6) is 0 Å². The minimum absolute atomic E-state index is 0.132. The quantitative estimate of drug-likeness (QED) is 0.612. The summed E-state index contributed by atoms with van der Waals surface area (Å²) >= 11 is 2.59. The molecule has 1 atom stereocenters. The monoisotopic (exact) mass is 373 g/mol. The molecule has 0 aromatic carbocycles. The minimum atomic E-state index is -0.838. The number of thioether (sulfide) groups is 1. The Hall–Kier alpha value is -2.44. The maximum atomic E-state index is 12.4. The van der Waals surface area contributed by atoms with Crippen molar-refractivity contribution in [2.24, 2.45) is 7.05 Å². The number of Topliss-reactive ketones (excluding diaryl/α,β-unsaturated/α-hetero) is 1. The van der Waals surface area contributed by atoms with Crippen LogP contribution in [-0.4, -0.2) is 31.3 Å². The molecular formula is C16H15N5O2S2. The van der Waals surface area contributed by atoms with Gasteiger partial charge in [-0.1, -0.05) is 11.8 Å². The van der Waals surface area contributed by atoms with E-state index in [-0.39, 0.29) is 11.5 Å². The molecule has 0 aliphatic heterocycles. The van der Waals surface area contributed by atoms with Gasteiger partial charge in [0.15, 0.2) is 22.7 Å². The lowest BCUT2D eigenvalue weighted by atomic mass is 10.1. The highest BCUT2D eigenvalue weighted by Crippen LogP contribution is 2.27. The summed E-state index contributed by atoms with van der Waals surface area (Å²) in [5.41, 5.74) is 1.68. The zero-order chi connectivity index (χ0) is 18.0. The number of hydrogen-bond acceptors (Lipinski definition) is 8. The molecule has 3 heterocycles. The van der Waals surface area contributed by atoms with E-state index in [1.165, 1.54) is 23.1 Å². The average molecular weight is 373 g/mol. The molecular weight excluding hydrogens is 358 g/mol. The number of aromatic nitrogens is 4. The van der Waals surface area contributed by atoms with E-state index >= 15 is 0 Å². The van der Waals surface area contributed by atoms with E-state index in [1.54, 1.807) is 6.26 Å². The van der Waals surface area contributed by atoms with E-state index in [9.17, 15) is 10.1 Å². The molecule has 0 N–H and O–H groups in total. The van der Waals surface area contributed by atoms with Gasteiger partial charge in [0, 0.05) is 18.1 Å². The number of hydrogen-bond donors (Lipinski definition) is 0. The Kier molecular flexibility index (Phi) is 5.01. The summed E-state index contributed by atoms with van der Waals surface area (Å²) in [5, 5.41) is 20.6. The molecule has 0 bridgehead atoms. The van der Waals surface area contributed by atoms with Gasteiger partial charge in [0.2, 0.25) is 0 Å². The van der Waals surface area contributed by atoms with Crippen LogP contribution in [0.15, 0.2) is 27.3 Å². The van der Waals surface area contributed by atoms with E-state index in [4.69, 9.17) is 4.42 Å². The Morgan fingerprint density at radius 3 is 2.88 bits per heavy atom. The van der Waals surface area contributed by atoms with Crippen LogP contribution in [0, 0.1) is 25.2 Å². The lowest BCUT2D eigenvalue weighted by Gasteiger charge is -2.05. The summed E-state index contributed by atoms with van der Waals surface area (Å²) < 4.78 is 7.10. The highest BCUT2D eigenvalue weighted by molar-refractivity contribution is 7.99. The third-order valence-corrected chi connectivity index (χ3v) is 5.68. The average Bonchev–Trinajstić information content (AvgIpc) is 3.28. The van der Waals surface area contributed by atoms with Gasteiger partial charge in [-0.3, -0.25) is 4.79 Å². The summed E-state index contributed by atoms with van der Waals surface area (Å²) in [4.78, 5) is 16.7. The number of aryl methyl sites for hydroxylation is 2. The first-order valence-electron chi connectivity index (χ1n) is 7.42. The SMILES string of the molecule is Cc1csc(C(C#N)C(=O)CSc2nnc(-c3ccoc3C)n2C)n1. The fraction of sp³-hybridized carbons (Fsp3) is 0.312. The van der Waals surface area contributed by atoms with E-state index in [0.29, 0.717) is 16.0 Å². The van der Waals surface area contributed by atoms with Crippen LogP contribution in [0.1, 0.15) is 22.4 Å². The van der Waals surface area contributed by atoms with Crippen molar-refractivity contribution in [2.45, 2.75) is 24.9 Å². The molecule has 0 radical (unpaired) electrons. The van der Waals surface area contributed by atoms with Gasteiger partial charge in [0.05, 0.1) is 23.6 Å². The maximum Gasteiger partial charge on any atom is 0.191 e. The van der Waals surface area contributed by atoms with Gasteiger partial charge in [-0.15, -0.1) is 21.5 Å². The largest absolute Gasteiger partial charge is 0.469 e. The van der Waals surface area contributed by atoms with Crippen LogP contribution in [0.4, 0.5) is 0 Å². The van der Waals surface area contributed by atoms with Gasteiger partial charge in [0.1, 0.15) is 10.8 Å². The molecule has 3 rings (SSSR count). The first-order chi connectivity index (χ1) is 12.0. The predicted octanol–water partition coefficient (Wildman–Crippen LogP) is 3.12. The number of carbonyl (C=O) groups excluding carboxylic acids is 1. The lowest BCUT2D eigenvalue weighted by molar-refractivity contribution is -0.116. The molecule has 3 aromatic rings. The van der Waals surface area contributed by atoms with Crippen LogP contribution in [-0.2, 0) is 11.8 Å². The number of carbonyl (C=O) groups is 1. The van der Waals surface area contributed by atoms with E-state index < -0.39 is 5.92 Å². The second-order valence-electron chi connectivity index (χ2n) is 5.40. The summed E-state index contributed by atoms with van der Waals surface area (Å²) in [6, 6.07) is 3.88. The van der Waals surface area contributed by atoms with Gasteiger partial charge in [-0.2, -0.15) is 5.26 Å². The molecule has 9 heteroatoms. The van der Waals surface area contributed by atoms with E-state index in [0.717, 1.165) is 17.0 Å². The number of nitriles is 1. The Bertz CT molecular complexity index is 950. The summed E-state index contributed by atoms with van der Waals surface area (Å²) in [6.07, 6.45) is 1.60. The third kappa shape index (κ3) is 3.50. The van der Waals surface area contributed by atoms with Crippen LogP contribution in [0.25, 0.3) is 11.4 Å². The smallest absolute Gasteiger partial charge is 0.191 e. The molecule has 0 aliphatic rings. The van der Waals surface area contributed by atoms with Crippen LogP contribution >= 0.6 is 23.1 Å². The normalized spacial score (nSPS) is 12.1. The zero-order valence-electron chi connectivity index (χ0n) is 13.9. The topological polar surface area (TPSA) is 97.6 Å². The standard InChI is InChI=1S/C16H15N5O2S2/c1-9-7-24-15(18-9)12(6-17)13(22)8-25-16-20-19-14(21(16)3)11-4-5-23-10(11)2/h4-5,7,12H,8H2,1-3H3. The highest BCUT2D eigenvalue weighted by atomic mass is 32.2. The van der Waals surface area contributed by atoms with Gasteiger partial charge in [0.25, 0.3) is 0 Å². The summed E-state index contributed by atoms with van der Waals surface area (Å²) in [7, 11) is 1.83. The first kappa shape index (κ1) is 17.4. The second kappa shape index (κ2) is 7.21. The van der Waals surface area contributed by atoms with Gasteiger partial charge >= 0.3 is 0 Å². The van der Waals surface area contributed by atoms with Gasteiger partial charge in [-0.25, -0.2) is 4.98 Å². The number of ketones is 1. The van der Waals surface area contributed by atoms with Gasteiger partial charge < -0.3 is 8.98 Å². The van der Waals surface area contributed by atoms with Crippen molar-refractivity contribution in [3.8, 4) is 17.5 Å². The molecule has 0 saturated carbocycles. The molecule has 0 fully saturated rings. The number of rotatable bonds is 6. The fourth-order valence-electron chi connectivity index (χ4n) is 2.28. The molecule has 7 nitrogen and oxygen atoms in total. The maximum absolute atomic E-state index is 12.4. The Balaban J connectivity index is 1.72. The van der Waals surface area contributed by atoms with Crippen molar-refractivity contribution in [1.82, 2.24) is 19.7 Å². The predicted molar refractivity (Wildman–Crippen MR) is 94.4 cm³/mol. The lowest BCUT2D eigenvalue weighted by Crippen LogP contribution is -2.13. The Labute approximate surface area is 152 Å². The molecule has 0 aliphatic carbocycles. The zero-order valence-corrected chi connectivity index (χ0v) is 15.5. The van der Waals surface area contributed by atoms with Crippen molar-refractivity contribution in [1.29, 1.82) is 5.26 Å². The first-order valence-corrected chi connectivity index (χ1v) is 9.28. The second-order valence-corrected chi connectivity index (χ2v) is 7.23. The molecule has 25 heavy (non-hydrogen) atoms. The van der Waals surface area contributed by atoms with Crippen molar-refractivity contribution < 1.29 is 9.21 Å². The minimum Gasteiger partial charge on any atom is -0.469 e. The summed E-state index contributed by atoms with van der Waals surface area (Å²) in [5.74, 6) is 0.536. The number of furan rings is 1. The molecule has 1 unspecified atom stereocenters. The van der Waals surface area contributed by atoms with E-state index in [2.05, 4.69) is 15.2 Å². The molecule has 3 aromatic heterocycles. The molecule has 128 valence electrons.